The summed E-state index contributed by atoms with van der Waals surface area (Å²) in [5.74, 6) is -7.83. The largest absolute Gasteiger partial charge is 0.261 e. The summed E-state index contributed by atoms with van der Waals surface area (Å²) < 4.78 is 86.6. The minimum Gasteiger partial charge on any atom is -0.261 e. The molecule has 0 bridgehead atoms. The Morgan fingerprint density at radius 2 is 1.09 bits per heavy atom. The Labute approximate surface area is 177 Å². The van der Waals surface area contributed by atoms with Crippen molar-refractivity contribution in [2.45, 2.75) is 13.8 Å². The van der Waals surface area contributed by atoms with Crippen LogP contribution in [0.4, 0.5) is 26.3 Å². The van der Waals surface area contributed by atoms with Crippen molar-refractivity contribution in [2.75, 3.05) is 0 Å². The van der Waals surface area contributed by atoms with Crippen molar-refractivity contribution >= 4 is 0 Å². The highest BCUT2D eigenvalue weighted by atomic mass is 19.2. The summed E-state index contributed by atoms with van der Waals surface area (Å²) in [5, 5.41) is 0. The standard InChI is InChI=1S/C22H12F6N4/c1-9-3-16(24)14(8-29-9)22-20(28)18(26)13(7-32-22)12-6-31-21(19(27)17(12)25)11-4-15(23)10(2)30-5-11/h3-8H,1-2H3. The van der Waals surface area contributed by atoms with Crippen LogP contribution in [0.5, 0.6) is 0 Å². The lowest BCUT2D eigenvalue weighted by Gasteiger charge is -2.11. The summed E-state index contributed by atoms with van der Waals surface area (Å²) in [6.07, 6.45) is 3.59. The van der Waals surface area contributed by atoms with Crippen LogP contribution in [-0.2, 0) is 0 Å². The van der Waals surface area contributed by atoms with E-state index in [-0.39, 0.29) is 11.3 Å². The monoisotopic (exact) mass is 446 g/mol. The molecule has 0 saturated heterocycles. The molecular formula is C22H12F6N4. The predicted octanol–water partition coefficient (Wildman–Crippen LogP) is 5.72. The van der Waals surface area contributed by atoms with Gasteiger partial charge in [-0.05, 0) is 26.0 Å². The molecule has 0 saturated carbocycles. The Hall–Kier alpha value is -3.82. The summed E-state index contributed by atoms with van der Waals surface area (Å²) in [6.45, 7) is 2.90. The molecule has 0 radical (unpaired) electrons. The zero-order valence-corrected chi connectivity index (χ0v) is 16.5. The van der Waals surface area contributed by atoms with Gasteiger partial charge in [-0.3, -0.25) is 19.9 Å². The SMILES string of the molecule is Cc1cc(F)c(-c2ncc(-c3cnc(-c4cnc(C)c(F)c4)c(F)c3F)c(F)c2F)cn1. The molecule has 4 heterocycles. The van der Waals surface area contributed by atoms with Gasteiger partial charge in [0.25, 0.3) is 0 Å². The minimum absolute atomic E-state index is 0.0511. The molecule has 0 aromatic carbocycles. The third-order valence-electron chi connectivity index (χ3n) is 4.75. The minimum atomic E-state index is -1.58. The molecule has 4 rings (SSSR count). The Bertz CT molecular complexity index is 1370. The van der Waals surface area contributed by atoms with Gasteiger partial charge in [0, 0.05) is 47.2 Å². The molecule has 0 atom stereocenters. The second kappa shape index (κ2) is 8.03. The lowest BCUT2D eigenvalue weighted by molar-refractivity contribution is 0.498. The van der Waals surface area contributed by atoms with Crippen LogP contribution in [0.25, 0.3) is 33.6 Å². The molecule has 0 amide bonds. The molecular weight excluding hydrogens is 434 g/mol. The number of aryl methyl sites for hydroxylation is 2. The lowest BCUT2D eigenvalue weighted by atomic mass is 10.0. The first-order valence-electron chi connectivity index (χ1n) is 9.12. The van der Waals surface area contributed by atoms with E-state index in [1.165, 1.54) is 13.8 Å². The second-order valence-electron chi connectivity index (χ2n) is 6.89. The van der Waals surface area contributed by atoms with Crippen LogP contribution >= 0.6 is 0 Å². The smallest absolute Gasteiger partial charge is 0.185 e. The van der Waals surface area contributed by atoms with E-state index in [9.17, 15) is 26.3 Å². The van der Waals surface area contributed by atoms with Crippen molar-refractivity contribution in [1.82, 2.24) is 19.9 Å². The summed E-state index contributed by atoms with van der Waals surface area (Å²) >= 11 is 0. The van der Waals surface area contributed by atoms with Gasteiger partial charge in [-0.25, -0.2) is 26.3 Å². The second-order valence-corrected chi connectivity index (χ2v) is 6.89. The van der Waals surface area contributed by atoms with Crippen LogP contribution in [0.2, 0.25) is 0 Å². The van der Waals surface area contributed by atoms with Crippen molar-refractivity contribution in [3.05, 3.63) is 83.2 Å². The van der Waals surface area contributed by atoms with E-state index in [0.717, 1.165) is 36.9 Å². The van der Waals surface area contributed by atoms with Crippen molar-refractivity contribution < 1.29 is 26.3 Å². The Morgan fingerprint density at radius 3 is 1.69 bits per heavy atom. The topological polar surface area (TPSA) is 51.6 Å². The number of hydrogen-bond acceptors (Lipinski definition) is 4. The maximum atomic E-state index is 14.7. The maximum Gasteiger partial charge on any atom is 0.185 e. The average Bonchev–Trinajstić information content (AvgIpc) is 2.75. The number of hydrogen-bond donors (Lipinski definition) is 0. The fraction of sp³-hybridized carbons (Fsp3) is 0.0909. The van der Waals surface area contributed by atoms with Crippen LogP contribution in [-0.4, -0.2) is 19.9 Å². The van der Waals surface area contributed by atoms with E-state index in [1.54, 1.807) is 0 Å². The summed E-state index contributed by atoms with van der Waals surface area (Å²) in [7, 11) is 0. The van der Waals surface area contributed by atoms with Crippen molar-refractivity contribution in [2.24, 2.45) is 0 Å². The number of aromatic nitrogens is 4. The molecule has 0 aliphatic rings. The number of halogens is 6. The highest BCUT2D eigenvalue weighted by molar-refractivity contribution is 5.70. The first-order valence-corrected chi connectivity index (χ1v) is 9.12. The third-order valence-corrected chi connectivity index (χ3v) is 4.75. The highest BCUT2D eigenvalue weighted by Crippen LogP contribution is 2.34. The molecule has 32 heavy (non-hydrogen) atoms. The van der Waals surface area contributed by atoms with E-state index >= 15 is 0 Å². The van der Waals surface area contributed by atoms with E-state index < -0.39 is 63.0 Å². The Kier molecular flexibility index (Phi) is 5.37. The van der Waals surface area contributed by atoms with Gasteiger partial charge < -0.3 is 0 Å². The van der Waals surface area contributed by atoms with Crippen LogP contribution < -0.4 is 0 Å². The zero-order valence-electron chi connectivity index (χ0n) is 16.5. The van der Waals surface area contributed by atoms with Crippen LogP contribution in [0.15, 0.2) is 36.9 Å². The van der Waals surface area contributed by atoms with Gasteiger partial charge in [0.1, 0.15) is 23.0 Å². The number of rotatable bonds is 3. The van der Waals surface area contributed by atoms with Crippen molar-refractivity contribution in [3.8, 4) is 33.6 Å². The van der Waals surface area contributed by atoms with Gasteiger partial charge in [-0.2, -0.15) is 0 Å². The molecule has 162 valence electrons. The molecule has 4 aromatic rings. The Morgan fingerprint density at radius 1 is 0.531 bits per heavy atom. The van der Waals surface area contributed by atoms with Crippen LogP contribution in [0.3, 0.4) is 0 Å². The summed E-state index contributed by atoms with van der Waals surface area (Å²) in [4.78, 5) is 14.9. The van der Waals surface area contributed by atoms with Gasteiger partial charge in [0.2, 0.25) is 0 Å². The number of nitrogens with zero attached hydrogens (tertiary/aromatic N) is 4. The van der Waals surface area contributed by atoms with Gasteiger partial charge in [-0.1, -0.05) is 0 Å². The van der Waals surface area contributed by atoms with Gasteiger partial charge in [0.05, 0.1) is 11.3 Å². The molecule has 10 heteroatoms. The quantitative estimate of drug-likeness (QED) is 0.378. The molecule has 0 unspecified atom stereocenters. The van der Waals surface area contributed by atoms with E-state index in [2.05, 4.69) is 19.9 Å². The molecule has 4 aromatic heterocycles. The van der Waals surface area contributed by atoms with Gasteiger partial charge in [0.15, 0.2) is 23.3 Å². The fourth-order valence-electron chi connectivity index (χ4n) is 3.03. The van der Waals surface area contributed by atoms with Gasteiger partial charge in [-0.15, -0.1) is 0 Å². The van der Waals surface area contributed by atoms with Crippen molar-refractivity contribution in [1.29, 1.82) is 0 Å². The zero-order chi connectivity index (χ0) is 23.2. The van der Waals surface area contributed by atoms with Gasteiger partial charge >= 0.3 is 0 Å². The van der Waals surface area contributed by atoms with E-state index in [1.807, 2.05) is 0 Å². The third kappa shape index (κ3) is 3.57. The summed E-state index contributed by atoms with van der Waals surface area (Å²) in [5.41, 5.74) is -2.85. The molecule has 0 aliphatic heterocycles. The highest BCUT2D eigenvalue weighted by Gasteiger charge is 2.25. The molecule has 0 fully saturated rings. The molecule has 4 nitrogen and oxygen atoms in total. The van der Waals surface area contributed by atoms with Crippen LogP contribution in [0, 0.1) is 48.8 Å². The number of pyridine rings is 4. The predicted molar refractivity (Wildman–Crippen MR) is 103 cm³/mol. The summed E-state index contributed by atoms with van der Waals surface area (Å²) in [6, 6.07) is 1.94. The Balaban J connectivity index is 1.81. The maximum absolute atomic E-state index is 14.7. The van der Waals surface area contributed by atoms with E-state index in [4.69, 9.17) is 0 Å². The normalized spacial score (nSPS) is 11.1. The first kappa shape index (κ1) is 21.4. The molecule has 0 N–H and O–H groups in total. The van der Waals surface area contributed by atoms with E-state index in [0.29, 0.717) is 5.69 Å². The molecule has 0 spiro atoms. The lowest BCUT2D eigenvalue weighted by Crippen LogP contribution is -2.03. The van der Waals surface area contributed by atoms with Crippen molar-refractivity contribution in [3.63, 3.8) is 0 Å². The van der Waals surface area contributed by atoms with Crippen LogP contribution in [0.1, 0.15) is 11.4 Å². The fourth-order valence-corrected chi connectivity index (χ4v) is 3.03. The first-order chi connectivity index (χ1) is 15.2. The molecule has 0 aliphatic carbocycles. The average molecular weight is 446 g/mol.